The molecular formula is C25H25FN2O2S. The number of hydrogen-bond donors (Lipinski definition) is 1. The van der Waals surface area contributed by atoms with Gasteiger partial charge in [-0.05, 0) is 65.6 Å². The van der Waals surface area contributed by atoms with E-state index in [1.54, 1.807) is 28.4 Å². The summed E-state index contributed by atoms with van der Waals surface area (Å²) in [5.74, 6) is 0.289. The van der Waals surface area contributed by atoms with Gasteiger partial charge in [0.2, 0.25) is 11.8 Å². The van der Waals surface area contributed by atoms with Gasteiger partial charge in [0.15, 0.2) is 0 Å². The predicted molar refractivity (Wildman–Crippen MR) is 121 cm³/mol. The first-order valence-electron chi connectivity index (χ1n) is 10.5. The molecule has 31 heavy (non-hydrogen) atoms. The lowest BCUT2D eigenvalue weighted by molar-refractivity contribution is -0.120. The molecule has 0 aliphatic heterocycles. The van der Waals surface area contributed by atoms with E-state index in [0.717, 1.165) is 28.2 Å². The molecule has 0 bridgehead atoms. The van der Waals surface area contributed by atoms with Crippen LogP contribution in [-0.2, 0) is 29.0 Å². The number of nitrogens with zero attached hydrogens (tertiary/aromatic N) is 1. The van der Waals surface area contributed by atoms with E-state index in [1.165, 1.54) is 25.0 Å². The van der Waals surface area contributed by atoms with Gasteiger partial charge in [0.05, 0.1) is 19.4 Å². The van der Waals surface area contributed by atoms with Gasteiger partial charge in [0.1, 0.15) is 5.82 Å². The fraction of sp³-hybridized carbons (Fsp3) is 0.280. The summed E-state index contributed by atoms with van der Waals surface area (Å²) in [4.78, 5) is 28.1. The third-order valence-electron chi connectivity index (χ3n) is 5.33. The van der Waals surface area contributed by atoms with Crippen molar-refractivity contribution in [2.45, 2.75) is 32.2 Å². The van der Waals surface area contributed by atoms with Crippen LogP contribution in [0, 0.1) is 11.7 Å². The second-order valence-corrected chi connectivity index (χ2v) is 8.99. The molecule has 1 N–H and O–H groups in total. The first kappa shape index (κ1) is 21.2. The van der Waals surface area contributed by atoms with Crippen molar-refractivity contribution in [1.29, 1.82) is 0 Å². The minimum Gasteiger partial charge on any atom is -0.356 e. The smallest absolute Gasteiger partial charge is 0.232 e. The molecule has 1 aromatic heterocycles. The Labute approximate surface area is 185 Å². The standard InChI is InChI=1S/C25H25FN2O2S/c26-21-10-8-19(9-11-21)17-28(25(30)15-23-5-2-12-31-23)22-4-1-3-20(13-22)14-24(29)27-16-18-6-7-18/h1-5,8-13,18H,6-7,14-17H2,(H,27,29). The Hall–Kier alpha value is -2.99. The highest BCUT2D eigenvalue weighted by molar-refractivity contribution is 7.10. The van der Waals surface area contributed by atoms with Crippen LogP contribution in [0.5, 0.6) is 0 Å². The fourth-order valence-corrected chi connectivity index (χ4v) is 4.11. The molecule has 2 amide bonds. The third kappa shape index (κ3) is 6.25. The molecule has 4 nitrogen and oxygen atoms in total. The largest absolute Gasteiger partial charge is 0.356 e. The van der Waals surface area contributed by atoms with Crippen LogP contribution in [0.15, 0.2) is 66.0 Å². The Bertz CT molecular complexity index is 1030. The van der Waals surface area contributed by atoms with Crippen LogP contribution in [-0.4, -0.2) is 18.4 Å². The summed E-state index contributed by atoms with van der Waals surface area (Å²) < 4.78 is 13.3. The van der Waals surface area contributed by atoms with Gasteiger partial charge >= 0.3 is 0 Å². The Morgan fingerprint density at radius 1 is 1.00 bits per heavy atom. The quantitative estimate of drug-likeness (QED) is 0.527. The number of nitrogens with one attached hydrogen (secondary N) is 1. The van der Waals surface area contributed by atoms with Gasteiger partial charge in [0, 0.05) is 17.1 Å². The third-order valence-corrected chi connectivity index (χ3v) is 6.21. The van der Waals surface area contributed by atoms with Crippen molar-refractivity contribution < 1.29 is 14.0 Å². The first-order chi connectivity index (χ1) is 15.1. The van der Waals surface area contributed by atoms with Gasteiger partial charge in [-0.3, -0.25) is 9.59 Å². The summed E-state index contributed by atoms with van der Waals surface area (Å²) in [5.41, 5.74) is 2.44. The van der Waals surface area contributed by atoms with Gasteiger partial charge in [-0.25, -0.2) is 4.39 Å². The number of carbonyl (C=O) groups excluding carboxylic acids is 2. The maximum absolute atomic E-state index is 13.3. The topological polar surface area (TPSA) is 49.4 Å². The summed E-state index contributed by atoms with van der Waals surface area (Å²) in [6.07, 6.45) is 2.97. The first-order valence-corrected chi connectivity index (χ1v) is 11.4. The molecule has 0 saturated heterocycles. The number of anilines is 1. The molecule has 2 aromatic carbocycles. The molecule has 1 fully saturated rings. The second-order valence-electron chi connectivity index (χ2n) is 7.96. The van der Waals surface area contributed by atoms with Crippen LogP contribution in [0.1, 0.15) is 28.8 Å². The average molecular weight is 437 g/mol. The maximum Gasteiger partial charge on any atom is 0.232 e. The molecule has 0 atom stereocenters. The molecule has 3 aromatic rings. The van der Waals surface area contributed by atoms with Crippen molar-refractivity contribution in [3.63, 3.8) is 0 Å². The van der Waals surface area contributed by atoms with Gasteiger partial charge in [-0.15, -0.1) is 11.3 Å². The van der Waals surface area contributed by atoms with Crippen LogP contribution in [0.3, 0.4) is 0 Å². The van der Waals surface area contributed by atoms with Crippen molar-refractivity contribution in [3.8, 4) is 0 Å². The van der Waals surface area contributed by atoms with Gasteiger partial charge < -0.3 is 10.2 Å². The summed E-state index contributed by atoms with van der Waals surface area (Å²) in [5, 5.41) is 4.94. The Kier molecular flexibility index (Phi) is 6.77. The minimum absolute atomic E-state index is 0.000883. The van der Waals surface area contributed by atoms with E-state index in [2.05, 4.69) is 5.32 Å². The minimum atomic E-state index is -0.306. The number of hydrogen-bond acceptors (Lipinski definition) is 3. The van der Waals surface area contributed by atoms with Crippen LogP contribution >= 0.6 is 11.3 Å². The zero-order valence-corrected chi connectivity index (χ0v) is 18.0. The van der Waals surface area contributed by atoms with Crippen LogP contribution in [0.4, 0.5) is 10.1 Å². The monoisotopic (exact) mass is 436 g/mol. The highest BCUT2D eigenvalue weighted by atomic mass is 32.1. The Morgan fingerprint density at radius 3 is 2.52 bits per heavy atom. The number of halogens is 1. The summed E-state index contributed by atoms with van der Waals surface area (Å²) in [7, 11) is 0. The Balaban J connectivity index is 1.52. The molecule has 1 aliphatic carbocycles. The maximum atomic E-state index is 13.3. The lowest BCUT2D eigenvalue weighted by atomic mass is 10.1. The molecular weight excluding hydrogens is 411 g/mol. The number of carbonyl (C=O) groups is 2. The Morgan fingerprint density at radius 2 is 1.81 bits per heavy atom. The molecule has 1 heterocycles. The molecule has 0 unspecified atom stereocenters. The number of benzene rings is 2. The van der Waals surface area contributed by atoms with Gasteiger partial charge in [-0.1, -0.05) is 30.3 Å². The van der Waals surface area contributed by atoms with Crippen LogP contribution < -0.4 is 10.2 Å². The zero-order chi connectivity index (χ0) is 21.6. The van der Waals surface area contributed by atoms with E-state index in [0.29, 0.717) is 18.9 Å². The average Bonchev–Trinajstić information content (AvgIpc) is 3.46. The lowest BCUT2D eigenvalue weighted by Gasteiger charge is -2.24. The highest BCUT2D eigenvalue weighted by Gasteiger charge is 2.22. The van der Waals surface area contributed by atoms with Crippen molar-refractivity contribution in [1.82, 2.24) is 5.32 Å². The van der Waals surface area contributed by atoms with Crippen molar-refractivity contribution in [3.05, 3.63) is 87.9 Å². The molecule has 4 rings (SSSR count). The van der Waals surface area contributed by atoms with E-state index in [-0.39, 0.29) is 24.1 Å². The van der Waals surface area contributed by atoms with Crippen LogP contribution in [0.25, 0.3) is 0 Å². The molecule has 1 saturated carbocycles. The van der Waals surface area contributed by atoms with Crippen molar-refractivity contribution in [2.24, 2.45) is 5.92 Å². The number of amides is 2. The van der Waals surface area contributed by atoms with Gasteiger partial charge in [0.25, 0.3) is 0 Å². The van der Waals surface area contributed by atoms with Crippen molar-refractivity contribution >= 4 is 28.8 Å². The van der Waals surface area contributed by atoms with Gasteiger partial charge in [-0.2, -0.15) is 0 Å². The highest BCUT2D eigenvalue weighted by Crippen LogP contribution is 2.27. The SMILES string of the molecule is O=C(Cc1cccc(N(Cc2ccc(F)cc2)C(=O)Cc2cccs2)c1)NCC1CC1. The molecule has 6 heteroatoms. The lowest BCUT2D eigenvalue weighted by Crippen LogP contribution is -2.32. The molecule has 0 radical (unpaired) electrons. The van der Waals surface area contributed by atoms with E-state index in [1.807, 2.05) is 41.8 Å². The van der Waals surface area contributed by atoms with Crippen molar-refractivity contribution in [2.75, 3.05) is 11.4 Å². The predicted octanol–water partition coefficient (Wildman–Crippen LogP) is 4.73. The summed E-state index contributed by atoms with van der Waals surface area (Å²) in [6, 6.07) is 17.6. The van der Waals surface area contributed by atoms with E-state index in [9.17, 15) is 14.0 Å². The zero-order valence-electron chi connectivity index (χ0n) is 17.2. The van der Waals surface area contributed by atoms with E-state index in [4.69, 9.17) is 0 Å². The van der Waals surface area contributed by atoms with E-state index < -0.39 is 0 Å². The summed E-state index contributed by atoms with van der Waals surface area (Å²) in [6.45, 7) is 1.08. The molecule has 1 aliphatic rings. The van der Waals surface area contributed by atoms with Crippen LogP contribution in [0.2, 0.25) is 0 Å². The number of rotatable bonds is 9. The second kappa shape index (κ2) is 9.88. The normalized spacial score (nSPS) is 13.1. The fourth-order valence-electron chi connectivity index (χ4n) is 3.42. The molecule has 0 spiro atoms. The summed E-state index contributed by atoms with van der Waals surface area (Å²) >= 11 is 1.55. The number of thiophene rings is 1. The molecule has 160 valence electrons. The van der Waals surface area contributed by atoms with E-state index >= 15 is 0 Å².